The number of benzene rings is 1. The molecule has 6 rings (SSSR count). The van der Waals surface area contributed by atoms with E-state index >= 15 is 0 Å². The summed E-state index contributed by atoms with van der Waals surface area (Å²) in [5, 5.41) is 12.5. The molecule has 1 aliphatic carbocycles. The standard InChI is InChI=1S/C32H42F2N6O2/c1-21(37-24-13-16-39(17-14-24)29-26(30(33)34)12-15-35-32(29)41-2)27-20-40(28-9-5-6-18-42-28)38-31(27)36-19-23-7-3-4-8-25(23)22-10-11-22/h3-4,7-8,12,15,20-22,24,28,30,37H,5-6,9-11,13-14,16-19H2,1-2H3,(H,36,38). The van der Waals surface area contributed by atoms with E-state index in [0.29, 0.717) is 24.7 Å². The van der Waals surface area contributed by atoms with Gasteiger partial charge in [-0.05, 0) is 75.0 Å². The van der Waals surface area contributed by atoms with E-state index in [2.05, 4.69) is 53.0 Å². The van der Waals surface area contributed by atoms with Gasteiger partial charge in [0.2, 0.25) is 5.88 Å². The van der Waals surface area contributed by atoms with Crippen LogP contribution >= 0.6 is 0 Å². The lowest BCUT2D eigenvalue weighted by molar-refractivity contribution is -0.0394. The molecular weight excluding hydrogens is 538 g/mol. The summed E-state index contributed by atoms with van der Waals surface area (Å²) >= 11 is 0. The highest BCUT2D eigenvalue weighted by atomic mass is 19.3. The van der Waals surface area contributed by atoms with Gasteiger partial charge in [0.1, 0.15) is 11.9 Å². The number of rotatable bonds is 11. The number of nitrogens with zero attached hydrogens (tertiary/aromatic N) is 4. The Morgan fingerprint density at radius 2 is 1.86 bits per heavy atom. The number of hydrogen-bond acceptors (Lipinski definition) is 7. The van der Waals surface area contributed by atoms with Crippen LogP contribution in [0.1, 0.15) is 98.7 Å². The van der Waals surface area contributed by atoms with E-state index in [-0.39, 0.29) is 29.8 Å². The molecule has 2 aliphatic heterocycles. The molecule has 2 saturated heterocycles. The van der Waals surface area contributed by atoms with Gasteiger partial charge in [-0.3, -0.25) is 0 Å². The van der Waals surface area contributed by atoms with Crippen LogP contribution in [-0.4, -0.2) is 47.6 Å². The zero-order valence-electron chi connectivity index (χ0n) is 24.6. The molecule has 42 heavy (non-hydrogen) atoms. The summed E-state index contributed by atoms with van der Waals surface area (Å²) < 4.78 is 41.0. The van der Waals surface area contributed by atoms with Crippen molar-refractivity contribution in [3.8, 4) is 5.88 Å². The minimum Gasteiger partial charge on any atom is -0.480 e. The van der Waals surface area contributed by atoms with Gasteiger partial charge in [-0.15, -0.1) is 0 Å². The molecule has 10 heteroatoms. The van der Waals surface area contributed by atoms with Crippen LogP contribution in [0, 0.1) is 0 Å². The van der Waals surface area contributed by atoms with Crippen molar-refractivity contribution in [1.29, 1.82) is 0 Å². The van der Waals surface area contributed by atoms with E-state index in [1.54, 1.807) is 0 Å². The molecule has 226 valence electrons. The Kier molecular flexibility index (Phi) is 8.90. The number of nitrogens with one attached hydrogen (secondary N) is 2. The Balaban J connectivity index is 1.15. The Labute approximate surface area is 246 Å². The fourth-order valence-electron chi connectivity index (χ4n) is 6.41. The topological polar surface area (TPSA) is 76.5 Å². The third-order valence-corrected chi connectivity index (χ3v) is 8.84. The first-order chi connectivity index (χ1) is 20.5. The van der Waals surface area contributed by atoms with Crippen molar-refractivity contribution < 1.29 is 18.3 Å². The highest BCUT2D eigenvalue weighted by molar-refractivity contribution is 5.61. The SMILES string of the molecule is COc1nccc(C(F)F)c1N1CCC(NC(C)c2cn(C3CCCCO3)nc2NCc2ccccc2C2CC2)CC1. The molecule has 0 bridgehead atoms. The lowest BCUT2D eigenvalue weighted by atomic mass is 10.0. The molecule has 1 aromatic carbocycles. The fourth-order valence-corrected chi connectivity index (χ4v) is 6.41. The second-order valence-electron chi connectivity index (χ2n) is 11.8. The lowest BCUT2D eigenvalue weighted by Gasteiger charge is -2.36. The van der Waals surface area contributed by atoms with Crippen LogP contribution in [0.15, 0.2) is 42.7 Å². The molecule has 1 saturated carbocycles. The number of alkyl halides is 2. The predicted octanol–water partition coefficient (Wildman–Crippen LogP) is 6.73. The van der Waals surface area contributed by atoms with E-state index in [1.807, 2.05) is 9.58 Å². The molecule has 8 nitrogen and oxygen atoms in total. The van der Waals surface area contributed by atoms with Crippen molar-refractivity contribution in [3.63, 3.8) is 0 Å². The normalized spacial score (nSPS) is 20.6. The molecule has 2 aromatic heterocycles. The van der Waals surface area contributed by atoms with Gasteiger partial charge in [0.15, 0.2) is 5.82 Å². The Bertz CT molecular complexity index is 1330. The number of methoxy groups -OCH3 is 1. The quantitative estimate of drug-likeness (QED) is 0.260. The number of pyridine rings is 1. The number of halogens is 2. The Morgan fingerprint density at radius 3 is 2.57 bits per heavy atom. The first-order valence-corrected chi connectivity index (χ1v) is 15.4. The van der Waals surface area contributed by atoms with E-state index in [4.69, 9.17) is 14.6 Å². The molecular formula is C32H42F2N6O2. The van der Waals surface area contributed by atoms with Gasteiger partial charge >= 0.3 is 0 Å². The second-order valence-corrected chi connectivity index (χ2v) is 11.8. The summed E-state index contributed by atoms with van der Waals surface area (Å²) in [5.41, 5.74) is 4.27. The third kappa shape index (κ3) is 6.39. The highest BCUT2D eigenvalue weighted by Gasteiger charge is 2.30. The molecule has 0 radical (unpaired) electrons. The monoisotopic (exact) mass is 580 g/mol. The maximum Gasteiger partial charge on any atom is 0.266 e. The number of aromatic nitrogens is 3. The zero-order chi connectivity index (χ0) is 29.1. The zero-order valence-corrected chi connectivity index (χ0v) is 24.6. The smallest absolute Gasteiger partial charge is 0.266 e. The number of ether oxygens (including phenoxy) is 2. The third-order valence-electron chi connectivity index (χ3n) is 8.84. The van der Waals surface area contributed by atoms with Gasteiger partial charge in [0.05, 0.1) is 7.11 Å². The van der Waals surface area contributed by atoms with E-state index in [1.165, 1.54) is 43.3 Å². The van der Waals surface area contributed by atoms with Gasteiger partial charge in [0, 0.05) is 61.8 Å². The lowest BCUT2D eigenvalue weighted by Crippen LogP contribution is -2.43. The fraction of sp³-hybridized carbons (Fsp3) is 0.562. The Morgan fingerprint density at radius 1 is 1.05 bits per heavy atom. The highest BCUT2D eigenvalue weighted by Crippen LogP contribution is 2.42. The van der Waals surface area contributed by atoms with Crippen molar-refractivity contribution >= 4 is 11.5 Å². The summed E-state index contributed by atoms with van der Waals surface area (Å²) in [7, 11) is 1.48. The molecule has 2 atom stereocenters. The average molecular weight is 581 g/mol. The maximum atomic E-state index is 13.8. The Hall–Kier alpha value is -3.24. The minimum absolute atomic E-state index is 0.0297. The summed E-state index contributed by atoms with van der Waals surface area (Å²) in [6.45, 7) is 4.96. The van der Waals surface area contributed by atoms with Crippen LogP contribution in [0.25, 0.3) is 0 Å². The first kappa shape index (κ1) is 28.9. The first-order valence-electron chi connectivity index (χ1n) is 15.4. The molecule has 0 spiro atoms. The molecule has 2 N–H and O–H groups in total. The number of piperidine rings is 1. The van der Waals surface area contributed by atoms with Gasteiger partial charge in [-0.1, -0.05) is 24.3 Å². The number of hydrogen-bond donors (Lipinski definition) is 2. The van der Waals surface area contributed by atoms with Crippen molar-refractivity contribution in [1.82, 2.24) is 20.1 Å². The van der Waals surface area contributed by atoms with Crippen LogP contribution in [0.2, 0.25) is 0 Å². The molecule has 4 heterocycles. The van der Waals surface area contributed by atoms with Crippen LogP contribution in [-0.2, 0) is 11.3 Å². The van der Waals surface area contributed by atoms with Crippen molar-refractivity contribution in [3.05, 3.63) is 65.0 Å². The number of anilines is 2. The van der Waals surface area contributed by atoms with Crippen LogP contribution in [0.5, 0.6) is 5.88 Å². The second kappa shape index (κ2) is 13.0. The van der Waals surface area contributed by atoms with Crippen molar-refractivity contribution in [2.45, 2.75) is 89.1 Å². The molecule has 2 unspecified atom stereocenters. The van der Waals surface area contributed by atoms with Gasteiger partial charge in [0.25, 0.3) is 6.43 Å². The van der Waals surface area contributed by atoms with E-state index in [0.717, 1.165) is 56.6 Å². The van der Waals surface area contributed by atoms with Gasteiger partial charge in [-0.2, -0.15) is 5.10 Å². The summed E-state index contributed by atoms with van der Waals surface area (Å²) in [5.74, 6) is 1.82. The van der Waals surface area contributed by atoms with Crippen molar-refractivity contribution in [2.24, 2.45) is 0 Å². The van der Waals surface area contributed by atoms with Crippen LogP contribution < -0.4 is 20.3 Å². The van der Waals surface area contributed by atoms with Crippen LogP contribution in [0.4, 0.5) is 20.3 Å². The largest absolute Gasteiger partial charge is 0.480 e. The van der Waals surface area contributed by atoms with Crippen LogP contribution in [0.3, 0.4) is 0 Å². The molecule has 3 aromatic rings. The minimum atomic E-state index is -2.58. The average Bonchev–Trinajstić information content (AvgIpc) is 3.78. The maximum absolute atomic E-state index is 13.8. The predicted molar refractivity (Wildman–Crippen MR) is 159 cm³/mol. The van der Waals surface area contributed by atoms with E-state index in [9.17, 15) is 8.78 Å². The summed E-state index contributed by atoms with van der Waals surface area (Å²) in [6.07, 6.45) is 8.27. The van der Waals surface area contributed by atoms with Gasteiger partial charge < -0.3 is 25.0 Å². The molecule has 3 fully saturated rings. The van der Waals surface area contributed by atoms with Crippen molar-refractivity contribution in [2.75, 3.05) is 37.0 Å². The molecule has 3 aliphatic rings. The van der Waals surface area contributed by atoms with E-state index < -0.39 is 6.43 Å². The molecule has 0 amide bonds. The summed E-state index contributed by atoms with van der Waals surface area (Å²) in [6, 6.07) is 10.4. The van der Waals surface area contributed by atoms with Gasteiger partial charge in [-0.25, -0.2) is 18.4 Å². The summed E-state index contributed by atoms with van der Waals surface area (Å²) in [4.78, 5) is 6.18.